The summed E-state index contributed by atoms with van der Waals surface area (Å²) in [5, 5.41) is -0.176. The zero-order valence-corrected chi connectivity index (χ0v) is 10.2. The number of hydrogen-bond acceptors (Lipinski definition) is 3. The molecule has 12 heavy (non-hydrogen) atoms. The zero-order chi connectivity index (χ0) is 9.35. The average Bonchev–Trinajstić information content (AvgIpc) is 1.82. The van der Waals surface area contributed by atoms with Gasteiger partial charge in [-0.3, -0.25) is 0 Å². The third-order valence-corrected chi connectivity index (χ3v) is 3.03. The molecular weight excluding hydrogens is 333 g/mol. The van der Waals surface area contributed by atoms with Crippen LogP contribution >= 0.6 is 42.5 Å². The number of rotatable bonds is 1. The van der Waals surface area contributed by atoms with Crippen molar-refractivity contribution in [2.75, 3.05) is 0 Å². The summed E-state index contributed by atoms with van der Waals surface area (Å²) in [6, 6.07) is 2.94. The fourth-order valence-electron chi connectivity index (χ4n) is 0.568. The van der Waals surface area contributed by atoms with Crippen LogP contribution in [0.4, 0.5) is 0 Å². The molecule has 1 aromatic rings. The van der Waals surface area contributed by atoms with Crippen LogP contribution in [0.2, 0.25) is 0 Å². The van der Waals surface area contributed by atoms with Crippen molar-refractivity contribution in [2.45, 2.75) is 5.03 Å². The lowest BCUT2D eigenvalue weighted by Crippen LogP contribution is -1.94. The Kier molecular flexibility index (Phi) is 3.14. The van der Waals surface area contributed by atoms with E-state index in [1.54, 1.807) is 6.07 Å². The molecular formula is C5H2Br2ClNO2S. The molecule has 0 saturated carbocycles. The van der Waals surface area contributed by atoms with Crippen molar-refractivity contribution >= 4 is 51.6 Å². The Balaban J connectivity index is 3.37. The lowest BCUT2D eigenvalue weighted by Gasteiger charge is -1.96. The maximum atomic E-state index is 10.8. The predicted octanol–water partition coefficient (Wildman–Crippen LogP) is 2.53. The summed E-state index contributed by atoms with van der Waals surface area (Å²) in [4.78, 5) is 3.67. The van der Waals surface area contributed by atoms with Crippen LogP contribution in [0.25, 0.3) is 0 Å². The highest BCUT2D eigenvalue weighted by Gasteiger charge is 2.12. The number of aromatic nitrogens is 1. The van der Waals surface area contributed by atoms with E-state index in [1.165, 1.54) is 6.07 Å². The average molecular weight is 335 g/mol. The van der Waals surface area contributed by atoms with Crippen molar-refractivity contribution in [3.63, 3.8) is 0 Å². The van der Waals surface area contributed by atoms with E-state index >= 15 is 0 Å². The van der Waals surface area contributed by atoms with Gasteiger partial charge in [-0.25, -0.2) is 13.4 Å². The minimum Gasteiger partial charge on any atom is -0.228 e. The first-order valence-corrected chi connectivity index (χ1v) is 6.57. The van der Waals surface area contributed by atoms with Gasteiger partial charge in [0.2, 0.25) is 0 Å². The molecule has 66 valence electrons. The monoisotopic (exact) mass is 333 g/mol. The van der Waals surface area contributed by atoms with Gasteiger partial charge >= 0.3 is 0 Å². The van der Waals surface area contributed by atoms with Crippen LogP contribution in [-0.2, 0) is 9.05 Å². The predicted molar refractivity (Wildman–Crippen MR) is 52.7 cm³/mol. The molecule has 0 saturated heterocycles. The number of halogens is 3. The second kappa shape index (κ2) is 3.61. The van der Waals surface area contributed by atoms with E-state index in [9.17, 15) is 8.42 Å². The molecule has 0 unspecified atom stereocenters. The Morgan fingerprint density at radius 3 is 2.33 bits per heavy atom. The van der Waals surface area contributed by atoms with Crippen LogP contribution in [0.15, 0.2) is 26.2 Å². The molecule has 0 spiro atoms. The van der Waals surface area contributed by atoms with E-state index in [2.05, 4.69) is 36.8 Å². The van der Waals surface area contributed by atoms with Gasteiger partial charge < -0.3 is 0 Å². The van der Waals surface area contributed by atoms with Crippen molar-refractivity contribution in [1.29, 1.82) is 0 Å². The number of hydrogen-bond donors (Lipinski definition) is 0. The molecule has 1 aromatic heterocycles. The highest BCUT2D eigenvalue weighted by Crippen LogP contribution is 2.21. The fraction of sp³-hybridized carbons (Fsp3) is 0. The van der Waals surface area contributed by atoms with Crippen LogP contribution in [0.3, 0.4) is 0 Å². The highest BCUT2D eigenvalue weighted by atomic mass is 79.9. The smallest absolute Gasteiger partial charge is 0.228 e. The van der Waals surface area contributed by atoms with Crippen molar-refractivity contribution in [3.8, 4) is 0 Å². The Morgan fingerprint density at radius 2 is 1.92 bits per heavy atom. The Hall–Kier alpha value is 0.350. The third-order valence-electron chi connectivity index (χ3n) is 0.985. The Bertz CT molecular complexity index is 386. The van der Waals surface area contributed by atoms with Crippen molar-refractivity contribution < 1.29 is 8.42 Å². The quantitative estimate of drug-likeness (QED) is 0.585. The summed E-state index contributed by atoms with van der Waals surface area (Å²) < 4.78 is 22.6. The molecule has 0 bridgehead atoms. The molecule has 0 amide bonds. The van der Waals surface area contributed by atoms with E-state index in [4.69, 9.17) is 10.7 Å². The van der Waals surface area contributed by atoms with Gasteiger partial charge in [0.25, 0.3) is 9.05 Å². The molecule has 7 heteroatoms. The van der Waals surface area contributed by atoms with Crippen LogP contribution in [0.5, 0.6) is 0 Å². The first-order chi connectivity index (χ1) is 5.39. The molecule has 0 fully saturated rings. The molecule has 0 aliphatic heterocycles. The standard InChI is InChI=1S/C5H2Br2ClNO2S/c6-3-1-4(7)9-5(2-3)12(8,10)11/h1-2H. The summed E-state index contributed by atoms with van der Waals surface area (Å²) >= 11 is 6.15. The first-order valence-electron chi connectivity index (χ1n) is 2.67. The van der Waals surface area contributed by atoms with Crippen molar-refractivity contribution in [3.05, 3.63) is 21.2 Å². The van der Waals surface area contributed by atoms with Gasteiger partial charge in [-0.05, 0) is 28.1 Å². The van der Waals surface area contributed by atoms with Gasteiger partial charge in [-0.15, -0.1) is 0 Å². The highest BCUT2D eigenvalue weighted by molar-refractivity contribution is 9.11. The topological polar surface area (TPSA) is 47.0 Å². The normalized spacial score (nSPS) is 11.6. The van der Waals surface area contributed by atoms with Gasteiger partial charge in [0.1, 0.15) is 4.60 Å². The van der Waals surface area contributed by atoms with E-state index in [0.717, 1.165) is 0 Å². The third kappa shape index (κ3) is 2.69. The van der Waals surface area contributed by atoms with Crippen LogP contribution in [0, 0.1) is 0 Å². The summed E-state index contributed by atoms with van der Waals surface area (Å²) in [5.41, 5.74) is 0. The molecule has 0 N–H and O–H groups in total. The minimum atomic E-state index is -3.75. The zero-order valence-electron chi connectivity index (χ0n) is 5.46. The fourth-order valence-corrected chi connectivity index (χ4v) is 2.73. The Morgan fingerprint density at radius 1 is 1.33 bits per heavy atom. The van der Waals surface area contributed by atoms with E-state index in [0.29, 0.717) is 9.08 Å². The minimum absolute atomic E-state index is 0.176. The molecule has 0 radical (unpaired) electrons. The lowest BCUT2D eigenvalue weighted by molar-refractivity contribution is 0.606. The molecule has 0 atom stereocenters. The summed E-state index contributed by atoms with van der Waals surface area (Å²) in [6.07, 6.45) is 0. The molecule has 3 nitrogen and oxygen atoms in total. The summed E-state index contributed by atoms with van der Waals surface area (Å²) in [5.74, 6) is 0. The maximum Gasteiger partial charge on any atom is 0.278 e. The second-order valence-electron chi connectivity index (χ2n) is 1.88. The van der Waals surface area contributed by atoms with Crippen LogP contribution < -0.4 is 0 Å². The van der Waals surface area contributed by atoms with E-state index in [-0.39, 0.29) is 5.03 Å². The molecule has 1 heterocycles. The number of nitrogens with zero attached hydrogens (tertiary/aromatic N) is 1. The largest absolute Gasteiger partial charge is 0.278 e. The summed E-state index contributed by atoms with van der Waals surface area (Å²) in [6.45, 7) is 0. The van der Waals surface area contributed by atoms with Gasteiger partial charge in [0, 0.05) is 15.2 Å². The SMILES string of the molecule is O=S(=O)(Cl)c1cc(Br)cc(Br)n1. The number of pyridine rings is 1. The van der Waals surface area contributed by atoms with E-state index in [1.807, 2.05) is 0 Å². The van der Waals surface area contributed by atoms with Crippen LogP contribution in [-0.4, -0.2) is 13.4 Å². The molecule has 0 aromatic carbocycles. The first kappa shape index (κ1) is 10.4. The molecule has 0 aliphatic carbocycles. The van der Waals surface area contributed by atoms with Gasteiger partial charge in [-0.1, -0.05) is 15.9 Å². The van der Waals surface area contributed by atoms with Gasteiger partial charge in [-0.2, -0.15) is 0 Å². The van der Waals surface area contributed by atoms with Crippen LogP contribution in [0.1, 0.15) is 0 Å². The van der Waals surface area contributed by atoms with E-state index < -0.39 is 9.05 Å². The van der Waals surface area contributed by atoms with Gasteiger partial charge in [0.05, 0.1) is 0 Å². The summed E-state index contributed by atoms with van der Waals surface area (Å²) in [7, 11) is 1.32. The van der Waals surface area contributed by atoms with Crippen molar-refractivity contribution in [2.24, 2.45) is 0 Å². The Labute approximate surface area is 90.8 Å². The lowest BCUT2D eigenvalue weighted by atomic mass is 10.5. The maximum absolute atomic E-state index is 10.8. The molecule has 0 aliphatic rings. The molecule has 1 rings (SSSR count). The van der Waals surface area contributed by atoms with Crippen molar-refractivity contribution in [1.82, 2.24) is 4.98 Å². The van der Waals surface area contributed by atoms with Gasteiger partial charge in [0.15, 0.2) is 5.03 Å². The second-order valence-corrected chi connectivity index (χ2v) is 6.13.